The maximum Gasteiger partial charge on any atom is 0.321 e. The molecule has 0 aromatic heterocycles. The third-order valence-electron chi connectivity index (χ3n) is 3.27. The summed E-state index contributed by atoms with van der Waals surface area (Å²) in [6.07, 6.45) is 3.83. The molecule has 1 aromatic rings. The molecule has 0 heterocycles. The molecule has 1 aromatic carbocycles. The quantitative estimate of drug-likeness (QED) is 0.465. The fourth-order valence-corrected chi connectivity index (χ4v) is 2.06. The van der Waals surface area contributed by atoms with Crippen molar-refractivity contribution in [3.63, 3.8) is 0 Å². The number of hydrogen-bond donors (Lipinski definition) is 4. The molecule has 6 heteroatoms. The van der Waals surface area contributed by atoms with E-state index >= 15 is 0 Å². The molecule has 122 valence electrons. The van der Waals surface area contributed by atoms with Gasteiger partial charge in [-0.1, -0.05) is 31.0 Å². The zero-order valence-corrected chi connectivity index (χ0v) is 12.8. The van der Waals surface area contributed by atoms with Crippen LogP contribution in [-0.2, 0) is 9.59 Å². The van der Waals surface area contributed by atoms with E-state index in [-0.39, 0.29) is 12.3 Å². The van der Waals surface area contributed by atoms with Crippen molar-refractivity contribution in [2.45, 2.75) is 38.1 Å². The van der Waals surface area contributed by atoms with Crippen molar-refractivity contribution in [3.8, 4) is 0 Å². The van der Waals surface area contributed by atoms with Crippen LogP contribution in [0.1, 0.15) is 32.1 Å². The Hall–Kier alpha value is -1.92. The molecular formula is C16H25N3O3. The molecule has 0 aliphatic carbocycles. The number of benzene rings is 1. The molecule has 0 fully saturated rings. The van der Waals surface area contributed by atoms with Gasteiger partial charge in [-0.15, -0.1) is 0 Å². The summed E-state index contributed by atoms with van der Waals surface area (Å²) in [7, 11) is 0. The van der Waals surface area contributed by atoms with E-state index in [0.29, 0.717) is 18.8 Å². The Morgan fingerprint density at radius 3 is 2.41 bits per heavy atom. The zero-order chi connectivity index (χ0) is 16.2. The summed E-state index contributed by atoms with van der Waals surface area (Å²) in [5, 5.41) is 14.8. The number of amides is 1. The maximum atomic E-state index is 11.9. The maximum absolute atomic E-state index is 11.9. The minimum absolute atomic E-state index is 0.0903. The minimum atomic E-state index is -1.01. The van der Waals surface area contributed by atoms with Crippen LogP contribution >= 0.6 is 0 Å². The van der Waals surface area contributed by atoms with Gasteiger partial charge in [0.1, 0.15) is 6.04 Å². The number of aliphatic carboxylic acids is 1. The normalized spacial score (nSPS) is 11.9. The Bertz CT molecular complexity index is 451. The van der Waals surface area contributed by atoms with Gasteiger partial charge < -0.3 is 21.5 Å². The van der Waals surface area contributed by atoms with E-state index in [4.69, 9.17) is 10.8 Å². The highest BCUT2D eigenvalue weighted by Gasteiger charge is 2.20. The van der Waals surface area contributed by atoms with Gasteiger partial charge in [0.05, 0.1) is 6.42 Å². The predicted octanol–water partition coefficient (Wildman–Crippen LogP) is 1.58. The largest absolute Gasteiger partial charge is 0.480 e. The molecule has 5 N–H and O–H groups in total. The minimum Gasteiger partial charge on any atom is -0.480 e. The lowest BCUT2D eigenvalue weighted by Gasteiger charge is -2.14. The van der Waals surface area contributed by atoms with Crippen LogP contribution in [0.4, 0.5) is 5.69 Å². The number of anilines is 1. The number of carbonyl (C=O) groups excluding carboxylic acids is 1. The number of carboxylic acids is 1. The molecule has 1 atom stereocenters. The van der Waals surface area contributed by atoms with Crippen LogP contribution < -0.4 is 16.4 Å². The predicted molar refractivity (Wildman–Crippen MR) is 86.6 cm³/mol. The molecule has 0 unspecified atom stereocenters. The van der Waals surface area contributed by atoms with E-state index in [1.54, 1.807) is 12.1 Å². The monoisotopic (exact) mass is 307 g/mol. The molecule has 1 rings (SSSR count). The van der Waals surface area contributed by atoms with Crippen molar-refractivity contribution >= 4 is 17.6 Å². The Morgan fingerprint density at radius 2 is 1.77 bits per heavy atom. The van der Waals surface area contributed by atoms with E-state index in [9.17, 15) is 9.59 Å². The second-order valence-corrected chi connectivity index (χ2v) is 5.17. The SMILES string of the molecule is NCCCCCCN[C@@H](CC(=O)Nc1ccccc1)C(=O)O. The van der Waals surface area contributed by atoms with Crippen LogP contribution in [0.2, 0.25) is 0 Å². The van der Waals surface area contributed by atoms with Gasteiger partial charge in [0.25, 0.3) is 0 Å². The van der Waals surface area contributed by atoms with Crippen LogP contribution in [-0.4, -0.2) is 36.1 Å². The first-order chi connectivity index (χ1) is 10.6. The van der Waals surface area contributed by atoms with E-state index in [1.807, 2.05) is 18.2 Å². The van der Waals surface area contributed by atoms with Gasteiger partial charge in [-0.05, 0) is 38.1 Å². The Balaban J connectivity index is 2.31. The van der Waals surface area contributed by atoms with Crippen molar-refractivity contribution in [2.24, 2.45) is 5.73 Å². The van der Waals surface area contributed by atoms with Gasteiger partial charge in [0.2, 0.25) is 5.91 Å². The summed E-state index contributed by atoms with van der Waals surface area (Å²) >= 11 is 0. The second kappa shape index (κ2) is 10.8. The summed E-state index contributed by atoms with van der Waals surface area (Å²) in [4.78, 5) is 23.1. The smallest absolute Gasteiger partial charge is 0.321 e. The standard InChI is InChI=1S/C16H25N3O3/c17-10-6-1-2-7-11-18-14(16(21)22)12-15(20)19-13-8-4-3-5-9-13/h3-5,8-9,14,18H,1-2,6-7,10-12,17H2,(H,19,20)(H,21,22)/t14-/m0/s1. The van der Waals surface area contributed by atoms with E-state index in [1.165, 1.54) is 0 Å². The highest BCUT2D eigenvalue weighted by Crippen LogP contribution is 2.06. The lowest BCUT2D eigenvalue weighted by atomic mass is 10.1. The first-order valence-corrected chi connectivity index (χ1v) is 7.64. The topological polar surface area (TPSA) is 104 Å². The number of nitrogens with two attached hydrogens (primary N) is 1. The summed E-state index contributed by atoms with van der Waals surface area (Å²) in [5.74, 6) is -1.32. The lowest BCUT2D eigenvalue weighted by Crippen LogP contribution is -2.40. The lowest BCUT2D eigenvalue weighted by molar-refractivity contribution is -0.141. The summed E-state index contributed by atoms with van der Waals surface area (Å²) in [6, 6.07) is 8.13. The molecule has 22 heavy (non-hydrogen) atoms. The molecule has 6 nitrogen and oxygen atoms in total. The van der Waals surface area contributed by atoms with Gasteiger partial charge >= 0.3 is 5.97 Å². The Morgan fingerprint density at radius 1 is 1.09 bits per heavy atom. The van der Waals surface area contributed by atoms with E-state index in [0.717, 1.165) is 25.7 Å². The van der Waals surface area contributed by atoms with Gasteiger partial charge in [0, 0.05) is 5.69 Å². The third kappa shape index (κ3) is 7.75. The average Bonchev–Trinajstić information content (AvgIpc) is 2.50. The zero-order valence-electron chi connectivity index (χ0n) is 12.8. The van der Waals surface area contributed by atoms with Crippen LogP contribution in [0.25, 0.3) is 0 Å². The number of nitrogens with one attached hydrogen (secondary N) is 2. The highest BCUT2D eigenvalue weighted by atomic mass is 16.4. The van der Waals surface area contributed by atoms with Crippen LogP contribution in [0.15, 0.2) is 30.3 Å². The number of carbonyl (C=O) groups is 2. The molecule has 0 spiro atoms. The molecule has 0 aliphatic heterocycles. The Labute approximate surface area is 131 Å². The fraction of sp³-hybridized carbons (Fsp3) is 0.500. The van der Waals surface area contributed by atoms with Gasteiger partial charge in [-0.3, -0.25) is 9.59 Å². The van der Waals surface area contributed by atoms with Crippen LogP contribution in [0, 0.1) is 0 Å². The van der Waals surface area contributed by atoms with Crippen molar-refractivity contribution in [2.75, 3.05) is 18.4 Å². The third-order valence-corrected chi connectivity index (χ3v) is 3.27. The van der Waals surface area contributed by atoms with Gasteiger partial charge in [-0.2, -0.15) is 0 Å². The number of hydrogen-bond acceptors (Lipinski definition) is 4. The summed E-state index contributed by atoms with van der Waals surface area (Å²) < 4.78 is 0. The molecule has 0 saturated heterocycles. The van der Waals surface area contributed by atoms with Crippen molar-refractivity contribution in [1.29, 1.82) is 0 Å². The molecule has 0 aliphatic rings. The first kappa shape index (κ1) is 18.1. The van der Waals surface area contributed by atoms with Crippen molar-refractivity contribution in [3.05, 3.63) is 30.3 Å². The average molecular weight is 307 g/mol. The molecule has 0 radical (unpaired) electrons. The van der Waals surface area contributed by atoms with E-state index in [2.05, 4.69) is 10.6 Å². The van der Waals surface area contributed by atoms with Crippen LogP contribution in [0.3, 0.4) is 0 Å². The molecule has 0 saturated carbocycles. The number of para-hydroxylation sites is 1. The van der Waals surface area contributed by atoms with Crippen molar-refractivity contribution in [1.82, 2.24) is 5.32 Å². The van der Waals surface area contributed by atoms with E-state index < -0.39 is 12.0 Å². The Kier molecular flexibility index (Phi) is 8.86. The van der Waals surface area contributed by atoms with Crippen molar-refractivity contribution < 1.29 is 14.7 Å². The summed E-state index contributed by atoms with van der Waals surface area (Å²) in [6.45, 7) is 1.27. The number of carboxylic acid groups (broad SMARTS) is 1. The fourth-order valence-electron chi connectivity index (χ4n) is 2.06. The van der Waals surface area contributed by atoms with Gasteiger partial charge in [-0.25, -0.2) is 0 Å². The van der Waals surface area contributed by atoms with Crippen LogP contribution in [0.5, 0.6) is 0 Å². The highest BCUT2D eigenvalue weighted by molar-refractivity contribution is 5.93. The summed E-state index contributed by atoms with van der Waals surface area (Å²) in [5.41, 5.74) is 6.08. The number of rotatable bonds is 11. The second-order valence-electron chi connectivity index (χ2n) is 5.17. The first-order valence-electron chi connectivity index (χ1n) is 7.64. The molecular weight excluding hydrogens is 282 g/mol. The molecule has 1 amide bonds. The number of unbranched alkanes of at least 4 members (excludes halogenated alkanes) is 3. The molecule has 0 bridgehead atoms. The van der Waals surface area contributed by atoms with Gasteiger partial charge in [0.15, 0.2) is 0 Å².